The van der Waals surface area contributed by atoms with Gasteiger partial charge in [0.15, 0.2) is 0 Å². The van der Waals surface area contributed by atoms with Gasteiger partial charge in [0.1, 0.15) is 24.3 Å². The number of pyridine rings is 2. The van der Waals surface area contributed by atoms with Crippen molar-refractivity contribution in [1.29, 1.82) is 0 Å². The highest BCUT2D eigenvalue weighted by Gasteiger charge is 2.38. The Hall–Kier alpha value is -5.86. The molecule has 0 saturated carbocycles. The van der Waals surface area contributed by atoms with Gasteiger partial charge in [-0.25, -0.2) is 9.59 Å². The number of aliphatic hydroxyl groups is 2. The lowest BCUT2D eigenvalue weighted by Crippen LogP contribution is -2.62. The van der Waals surface area contributed by atoms with E-state index in [4.69, 9.17) is 0 Å². The largest absolute Gasteiger partial charge is 0.388 e. The summed E-state index contributed by atoms with van der Waals surface area (Å²) in [6.45, 7) is 7.74. The predicted octanol–water partition coefficient (Wildman–Crippen LogP) is 3.69. The predicted molar refractivity (Wildman–Crippen MR) is 222 cm³/mol. The number of amides is 6. The number of benzene rings is 2. The molecule has 58 heavy (non-hydrogen) atoms. The summed E-state index contributed by atoms with van der Waals surface area (Å²) in [4.78, 5) is 65.8. The topological polar surface area (TPSA) is 189 Å². The first-order valence-corrected chi connectivity index (χ1v) is 19.6. The van der Waals surface area contributed by atoms with Crippen LogP contribution in [0.15, 0.2) is 110 Å². The number of hydrogen-bond acceptors (Lipinski definition) is 8. The third-order valence-electron chi connectivity index (χ3n) is 9.86. The van der Waals surface area contributed by atoms with Crippen molar-refractivity contribution in [3.05, 3.63) is 132 Å². The van der Waals surface area contributed by atoms with Crippen molar-refractivity contribution in [2.45, 2.75) is 90.0 Å². The van der Waals surface area contributed by atoms with Crippen LogP contribution < -0.4 is 21.3 Å². The molecular weight excluding hydrogens is 737 g/mol. The molecule has 14 heteroatoms. The quantitative estimate of drug-likeness (QED) is 0.0829. The summed E-state index contributed by atoms with van der Waals surface area (Å²) in [7, 11) is 3.24. The summed E-state index contributed by atoms with van der Waals surface area (Å²) in [6.07, 6.45) is 3.69. The van der Waals surface area contributed by atoms with Gasteiger partial charge in [-0.05, 0) is 59.1 Å². The maximum Gasteiger partial charge on any atom is 0.318 e. The summed E-state index contributed by atoms with van der Waals surface area (Å²) < 4.78 is 0. The van der Waals surface area contributed by atoms with Crippen LogP contribution in [-0.4, -0.2) is 104 Å². The van der Waals surface area contributed by atoms with Crippen LogP contribution in [0.2, 0.25) is 0 Å². The summed E-state index contributed by atoms with van der Waals surface area (Å²) in [5.74, 6) is -1.78. The van der Waals surface area contributed by atoms with Crippen LogP contribution in [0, 0.1) is 11.8 Å². The van der Waals surface area contributed by atoms with E-state index in [0.717, 1.165) is 22.3 Å². The van der Waals surface area contributed by atoms with Crippen LogP contribution in [0.5, 0.6) is 0 Å². The third-order valence-corrected chi connectivity index (χ3v) is 9.86. The highest BCUT2D eigenvalue weighted by molar-refractivity contribution is 5.88. The molecule has 6 atom stereocenters. The number of hydrogen-bond donors (Lipinski definition) is 6. The van der Waals surface area contributed by atoms with E-state index in [1.807, 2.05) is 72.8 Å². The van der Waals surface area contributed by atoms with E-state index in [1.54, 1.807) is 78.7 Å². The van der Waals surface area contributed by atoms with E-state index in [1.165, 1.54) is 9.80 Å². The van der Waals surface area contributed by atoms with E-state index in [-0.39, 0.29) is 37.8 Å². The maximum atomic E-state index is 14.0. The SMILES string of the molecule is CC(C)[C@H](NC(=O)N(C)Cc1cccnc1)C(=O)N[C@@H](Cc1ccccc1)[C@H](O)[C@H](O)[C@H](Cc1ccccc1)NC(=O)[C@H](NC(=O)N(C)Cc1cccnc1)C(C)C. The third kappa shape index (κ3) is 13.7. The van der Waals surface area contributed by atoms with E-state index in [2.05, 4.69) is 31.2 Å². The van der Waals surface area contributed by atoms with Crippen LogP contribution in [0.3, 0.4) is 0 Å². The lowest BCUT2D eigenvalue weighted by Gasteiger charge is -2.35. The Balaban J connectivity index is 1.56. The maximum absolute atomic E-state index is 14.0. The molecule has 0 unspecified atom stereocenters. The van der Waals surface area contributed by atoms with Gasteiger partial charge in [0.2, 0.25) is 11.8 Å². The molecule has 2 heterocycles. The number of carbonyl (C=O) groups is 4. The molecule has 310 valence electrons. The highest BCUT2D eigenvalue weighted by Crippen LogP contribution is 2.17. The first kappa shape index (κ1) is 44.8. The zero-order chi connectivity index (χ0) is 42.2. The lowest BCUT2D eigenvalue weighted by atomic mass is 9.90. The number of nitrogens with zero attached hydrogens (tertiary/aromatic N) is 4. The van der Waals surface area contributed by atoms with Crippen molar-refractivity contribution in [3.8, 4) is 0 Å². The van der Waals surface area contributed by atoms with Gasteiger partial charge in [0, 0.05) is 52.0 Å². The molecule has 2 aromatic heterocycles. The lowest BCUT2D eigenvalue weighted by molar-refractivity contribution is -0.129. The Labute approximate surface area is 341 Å². The number of urea groups is 2. The molecule has 4 aromatic rings. The fourth-order valence-electron chi connectivity index (χ4n) is 6.50. The first-order chi connectivity index (χ1) is 27.7. The Kier molecular flexibility index (Phi) is 17.1. The Morgan fingerprint density at radius 2 is 0.879 bits per heavy atom. The zero-order valence-electron chi connectivity index (χ0n) is 34.2. The van der Waals surface area contributed by atoms with E-state index in [0.29, 0.717) is 0 Å². The second kappa shape index (κ2) is 22.2. The van der Waals surface area contributed by atoms with E-state index in [9.17, 15) is 29.4 Å². The van der Waals surface area contributed by atoms with Crippen molar-refractivity contribution in [3.63, 3.8) is 0 Å². The summed E-state index contributed by atoms with van der Waals surface area (Å²) in [6, 6.07) is 20.6. The average Bonchev–Trinajstić information content (AvgIpc) is 3.21. The fourth-order valence-corrected chi connectivity index (χ4v) is 6.50. The van der Waals surface area contributed by atoms with Crippen LogP contribution in [-0.2, 0) is 35.5 Å². The molecule has 0 spiro atoms. The molecule has 0 aliphatic carbocycles. The van der Waals surface area contributed by atoms with Gasteiger partial charge >= 0.3 is 12.1 Å². The van der Waals surface area contributed by atoms with Gasteiger partial charge in [-0.3, -0.25) is 19.6 Å². The molecule has 4 rings (SSSR count). The Bertz CT molecular complexity index is 1730. The molecule has 0 fully saturated rings. The normalized spacial score (nSPS) is 14.3. The Morgan fingerprint density at radius 3 is 1.19 bits per heavy atom. The minimum Gasteiger partial charge on any atom is -0.388 e. The van der Waals surface area contributed by atoms with Crippen LogP contribution in [0.1, 0.15) is 49.9 Å². The van der Waals surface area contributed by atoms with Crippen molar-refractivity contribution in [2.75, 3.05) is 14.1 Å². The second-order valence-corrected chi connectivity index (χ2v) is 15.4. The Morgan fingerprint density at radius 1 is 0.534 bits per heavy atom. The number of rotatable bonds is 19. The number of carbonyl (C=O) groups excluding carboxylic acids is 4. The van der Waals surface area contributed by atoms with E-state index < -0.39 is 60.3 Å². The first-order valence-electron chi connectivity index (χ1n) is 19.6. The molecule has 0 bridgehead atoms. The van der Waals surface area contributed by atoms with Crippen molar-refractivity contribution in [2.24, 2.45) is 11.8 Å². The van der Waals surface area contributed by atoms with Gasteiger partial charge in [-0.15, -0.1) is 0 Å². The summed E-state index contributed by atoms with van der Waals surface area (Å²) in [5.41, 5.74) is 3.19. The van der Waals surface area contributed by atoms with Crippen LogP contribution in [0.25, 0.3) is 0 Å². The number of aliphatic hydroxyl groups excluding tert-OH is 2. The van der Waals surface area contributed by atoms with Gasteiger partial charge in [-0.2, -0.15) is 0 Å². The summed E-state index contributed by atoms with van der Waals surface area (Å²) >= 11 is 0. The molecular formula is C44H58N8O6. The zero-order valence-corrected chi connectivity index (χ0v) is 34.2. The molecule has 6 amide bonds. The van der Waals surface area contributed by atoms with Crippen molar-refractivity contribution >= 4 is 23.9 Å². The molecule has 2 aromatic carbocycles. The van der Waals surface area contributed by atoms with Gasteiger partial charge < -0.3 is 41.3 Å². The summed E-state index contributed by atoms with van der Waals surface area (Å²) in [5, 5.41) is 35.5. The van der Waals surface area contributed by atoms with Crippen LogP contribution >= 0.6 is 0 Å². The molecule has 0 aliphatic heterocycles. The van der Waals surface area contributed by atoms with Crippen molar-refractivity contribution in [1.82, 2.24) is 41.0 Å². The number of nitrogens with one attached hydrogen (secondary N) is 4. The molecule has 0 radical (unpaired) electrons. The minimum atomic E-state index is -1.59. The van der Waals surface area contributed by atoms with Crippen LogP contribution in [0.4, 0.5) is 9.59 Å². The molecule has 14 nitrogen and oxygen atoms in total. The van der Waals surface area contributed by atoms with Gasteiger partial charge in [-0.1, -0.05) is 100 Å². The average molecular weight is 795 g/mol. The minimum absolute atomic E-state index is 0.129. The molecule has 0 saturated heterocycles. The highest BCUT2D eigenvalue weighted by atomic mass is 16.3. The fraction of sp³-hybridized carbons (Fsp3) is 0.409. The second-order valence-electron chi connectivity index (χ2n) is 15.4. The number of aromatic nitrogens is 2. The van der Waals surface area contributed by atoms with Gasteiger partial charge in [0.25, 0.3) is 0 Å². The molecule has 6 N–H and O–H groups in total. The van der Waals surface area contributed by atoms with Crippen molar-refractivity contribution < 1.29 is 29.4 Å². The standard InChI is InChI=1S/C44H58N8O6/c1-29(2)37(49-43(57)51(5)27-33-19-13-21-45-25-33)41(55)47-35(23-31-15-9-7-10-16-31)39(53)40(54)36(24-32-17-11-8-12-18-32)48-42(56)38(30(3)4)50-44(58)52(6)28-34-20-14-22-46-26-34/h7-22,25-26,29-30,35-40,53-54H,23-24,27-28H2,1-6H3,(H,47,55)(H,48,56)(H,49,57)(H,50,58)/t35-,36-,37-,38+,39-,40+/m0/s1. The molecule has 0 aliphatic rings. The monoisotopic (exact) mass is 794 g/mol. The van der Waals surface area contributed by atoms with E-state index >= 15 is 0 Å². The van der Waals surface area contributed by atoms with Gasteiger partial charge in [0.05, 0.1) is 12.1 Å². The smallest absolute Gasteiger partial charge is 0.318 e.